The number of likely N-dealkylation sites (tertiary alicyclic amines) is 1. The Labute approximate surface area is 153 Å². The summed E-state index contributed by atoms with van der Waals surface area (Å²) in [5.74, 6) is 0.0628. The third kappa shape index (κ3) is 3.39. The Balaban J connectivity index is 1.42. The lowest BCUT2D eigenvalue weighted by Crippen LogP contribution is -2.63. The fraction of sp³-hybridized carbons (Fsp3) is 0.500. The van der Waals surface area contributed by atoms with Crippen LogP contribution in [0, 0.1) is 0 Å². The summed E-state index contributed by atoms with van der Waals surface area (Å²) in [4.78, 5) is 21.0. The zero-order valence-corrected chi connectivity index (χ0v) is 15.1. The van der Waals surface area contributed by atoms with Crippen LogP contribution in [0.5, 0.6) is 0 Å². The fourth-order valence-corrected chi connectivity index (χ4v) is 4.12. The second-order valence-electron chi connectivity index (χ2n) is 7.32. The van der Waals surface area contributed by atoms with Crippen LogP contribution < -0.4 is 0 Å². The van der Waals surface area contributed by atoms with E-state index in [9.17, 15) is 4.79 Å². The van der Waals surface area contributed by atoms with Crippen molar-refractivity contribution in [3.8, 4) is 0 Å². The molecule has 0 aromatic carbocycles. The fourth-order valence-electron chi connectivity index (χ4n) is 4.12. The van der Waals surface area contributed by atoms with Crippen molar-refractivity contribution in [2.75, 3.05) is 19.7 Å². The number of pyridine rings is 1. The number of morpholine rings is 1. The monoisotopic (exact) mass is 355 g/mol. The molecule has 2 aliphatic heterocycles. The molecule has 2 fully saturated rings. The molecule has 4 rings (SSSR count). The van der Waals surface area contributed by atoms with Gasteiger partial charge in [-0.25, -0.2) is 0 Å². The minimum Gasteiger partial charge on any atom is -0.472 e. The number of carbonyl (C=O) groups excluding carboxylic acids is 1. The maximum absolute atomic E-state index is 12.5. The van der Waals surface area contributed by atoms with Gasteiger partial charge in [0.15, 0.2) is 0 Å². The lowest BCUT2D eigenvalue weighted by Gasteiger charge is -2.51. The zero-order valence-electron chi connectivity index (χ0n) is 15.1. The van der Waals surface area contributed by atoms with Gasteiger partial charge in [0.25, 0.3) is 0 Å². The van der Waals surface area contributed by atoms with Crippen LogP contribution in [0.25, 0.3) is 0 Å². The molecule has 2 aromatic heterocycles. The molecule has 6 heteroatoms. The highest BCUT2D eigenvalue weighted by atomic mass is 16.5. The van der Waals surface area contributed by atoms with Crippen LogP contribution in [0.3, 0.4) is 0 Å². The summed E-state index contributed by atoms with van der Waals surface area (Å²) in [6.07, 6.45) is 8.97. The maximum atomic E-state index is 12.5. The van der Waals surface area contributed by atoms with Gasteiger partial charge >= 0.3 is 0 Å². The van der Waals surface area contributed by atoms with Crippen molar-refractivity contribution in [1.29, 1.82) is 0 Å². The van der Waals surface area contributed by atoms with E-state index in [0.29, 0.717) is 6.54 Å². The average Bonchev–Trinajstić information content (AvgIpc) is 3.18. The molecule has 6 nitrogen and oxygen atoms in total. The van der Waals surface area contributed by atoms with Crippen molar-refractivity contribution >= 4 is 5.91 Å². The van der Waals surface area contributed by atoms with E-state index < -0.39 is 0 Å². The Morgan fingerprint density at radius 1 is 1.23 bits per heavy atom. The average molecular weight is 355 g/mol. The summed E-state index contributed by atoms with van der Waals surface area (Å²) in [5.41, 5.74) is 2.01. The molecule has 1 atom stereocenters. The molecule has 0 saturated carbocycles. The van der Waals surface area contributed by atoms with Crippen LogP contribution in [0.15, 0.2) is 47.5 Å². The quantitative estimate of drug-likeness (QED) is 0.843. The van der Waals surface area contributed by atoms with Gasteiger partial charge in [0.05, 0.1) is 24.2 Å². The number of hydrogen-bond acceptors (Lipinski definition) is 5. The highest BCUT2D eigenvalue weighted by Gasteiger charge is 2.47. The summed E-state index contributed by atoms with van der Waals surface area (Å²) in [7, 11) is 0. The van der Waals surface area contributed by atoms with Gasteiger partial charge in [0, 0.05) is 44.1 Å². The second kappa shape index (κ2) is 7.21. The predicted octanol–water partition coefficient (Wildman–Crippen LogP) is 2.46. The predicted molar refractivity (Wildman–Crippen MR) is 96.2 cm³/mol. The first kappa shape index (κ1) is 17.2. The van der Waals surface area contributed by atoms with Crippen LogP contribution in [-0.4, -0.2) is 52.0 Å². The summed E-state index contributed by atoms with van der Waals surface area (Å²) in [5, 5.41) is 0. The number of piperidine rings is 1. The molecule has 26 heavy (non-hydrogen) atoms. The number of rotatable bonds is 4. The zero-order chi connectivity index (χ0) is 18.0. The molecule has 0 aliphatic carbocycles. The van der Waals surface area contributed by atoms with E-state index >= 15 is 0 Å². The highest BCUT2D eigenvalue weighted by Crippen LogP contribution is 2.36. The van der Waals surface area contributed by atoms with Gasteiger partial charge in [-0.05, 0) is 37.5 Å². The first-order chi connectivity index (χ1) is 12.7. The third-order valence-corrected chi connectivity index (χ3v) is 5.80. The largest absolute Gasteiger partial charge is 0.472 e. The summed E-state index contributed by atoms with van der Waals surface area (Å²) in [6, 6.07) is 6.00. The Morgan fingerprint density at radius 2 is 2.08 bits per heavy atom. The molecule has 4 heterocycles. The number of carbonyl (C=O) groups is 1. The number of hydrogen-bond donors (Lipinski definition) is 0. The van der Waals surface area contributed by atoms with Crippen molar-refractivity contribution in [1.82, 2.24) is 14.8 Å². The first-order valence-electron chi connectivity index (χ1n) is 9.22. The minimum atomic E-state index is -0.247. The molecule has 2 aromatic rings. The van der Waals surface area contributed by atoms with Crippen molar-refractivity contribution in [2.24, 2.45) is 0 Å². The van der Waals surface area contributed by atoms with Crippen molar-refractivity contribution < 1.29 is 13.9 Å². The van der Waals surface area contributed by atoms with E-state index in [1.54, 1.807) is 18.7 Å². The number of nitrogens with zero attached hydrogens (tertiary/aromatic N) is 3. The van der Waals surface area contributed by atoms with E-state index in [0.717, 1.165) is 38.0 Å². The number of amides is 1. The summed E-state index contributed by atoms with van der Waals surface area (Å²) in [6.45, 7) is 5.72. The normalized spacial score (nSPS) is 23.5. The van der Waals surface area contributed by atoms with E-state index in [1.807, 2.05) is 29.3 Å². The molecule has 1 spiro atoms. The number of furan rings is 1. The van der Waals surface area contributed by atoms with E-state index in [-0.39, 0.29) is 24.2 Å². The van der Waals surface area contributed by atoms with Crippen LogP contribution in [0.2, 0.25) is 0 Å². The van der Waals surface area contributed by atoms with E-state index in [2.05, 4.69) is 16.8 Å². The van der Waals surface area contributed by atoms with Crippen molar-refractivity contribution in [3.63, 3.8) is 0 Å². The Morgan fingerprint density at radius 3 is 2.77 bits per heavy atom. The molecule has 2 saturated heterocycles. The van der Waals surface area contributed by atoms with Gasteiger partial charge in [-0.15, -0.1) is 0 Å². The van der Waals surface area contributed by atoms with E-state index in [4.69, 9.17) is 9.15 Å². The molecular formula is C20H25N3O3. The maximum Gasteiger partial charge on any atom is 0.249 e. The van der Waals surface area contributed by atoms with Gasteiger partial charge in [0.1, 0.15) is 6.61 Å². The topological polar surface area (TPSA) is 58.8 Å². The second-order valence-corrected chi connectivity index (χ2v) is 7.32. The lowest BCUT2D eigenvalue weighted by molar-refractivity contribution is -0.188. The standard InChI is InChI=1S/C20H25N3O3/c1-16-20(5-8-22(9-6-20)12-18-4-10-25-14-18)26-15-19(24)23(16)13-17-3-2-7-21-11-17/h2-4,7,10-11,14,16H,5-6,8-9,12-13,15H2,1H3/t16-/m1/s1. The lowest BCUT2D eigenvalue weighted by atomic mass is 9.82. The molecule has 1 amide bonds. The highest BCUT2D eigenvalue weighted by molar-refractivity contribution is 5.78. The molecular weight excluding hydrogens is 330 g/mol. The van der Waals surface area contributed by atoms with Gasteiger partial charge in [0.2, 0.25) is 5.91 Å². The Kier molecular flexibility index (Phi) is 4.78. The molecule has 0 radical (unpaired) electrons. The summed E-state index contributed by atoms with van der Waals surface area (Å²) >= 11 is 0. The Hall–Kier alpha value is -2.18. The smallest absolute Gasteiger partial charge is 0.249 e. The molecule has 0 unspecified atom stereocenters. The number of aromatic nitrogens is 1. The van der Waals surface area contributed by atoms with Crippen LogP contribution in [0.1, 0.15) is 30.9 Å². The van der Waals surface area contributed by atoms with Gasteiger partial charge in [-0.3, -0.25) is 14.7 Å². The van der Waals surface area contributed by atoms with Gasteiger partial charge < -0.3 is 14.1 Å². The van der Waals surface area contributed by atoms with Crippen LogP contribution in [0.4, 0.5) is 0 Å². The van der Waals surface area contributed by atoms with Crippen LogP contribution in [-0.2, 0) is 22.6 Å². The minimum absolute atomic E-state index is 0.0556. The summed E-state index contributed by atoms with van der Waals surface area (Å²) < 4.78 is 11.3. The first-order valence-corrected chi connectivity index (χ1v) is 9.22. The molecule has 0 bridgehead atoms. The van der Waals surface area contributed by atoms with Gasteiger partial charge in [-0.1, -0.05) is 6.07 Å². The van der Waals surface area contributed by atoms with Crippen molar-refractivity contribution in [2.45, 2.75) is 44.5 Å². The third-order valence-electron chi connectivity index (χ3n) is 5.80. The SMILES string of the molecule is C[C@H]1N(Cc2cccnc2)C(=O)COC12CCN(Cc1ccoc1)CC2. The molecule has 138 valence electrons. The number of ether oxygens (including phenoxy) is 1. The molecule has 0 N–H and O–H groups in total. The Bertz CT molecular complexity index is 724. The molecule has 2 aliphatic rings. The van der Waals surface area contributed by atoms with Crippen LogP contribution >= 0.6 is 0 Å². The van der Waals surface area contributed by atoms with Gasteiger partial charge in [-0.2, -0.15) is 0 Å². The van der Waals surface area contributed by atoms with E-state index in [1.165, 1.54) is 5.56 Å². The van der Waals surface area contributed by atoms with Crippen molar-refractivity contribution in [3.05, 3.63) is 54.2 Å².